The molecule has 2 aromatic carbocycles. The van der Waals surface area contributed by atoms with Crippen LogP contribution in [0.4, 0.5) is 11.4 Å². The summed E-state index contributed by atoms with van der Waals surface area (Å²) in [6.45, 7) is 1.87. The maximum atomic E-state index is 6.09. The molecule has 27 heavy (non-hydrogen) atoms. The molecule has 0 amide bonds. The van der Waals surface area contributed by atoms with Crippen LogP contribution in [0.15, 0.2) is 73.1 Å². The molecule has 2 aromatic heterocycles. The SMILES string of the molecule is Nc1cc[n+](CCC[n+]2ccc(N)c3ccccc32)c2ccccc12.[I-].[I-]. The summed E-state index contributed by atoms with van der Waals surface area (Å²) in [4.78, 5) is 0. The zero-order chi connectivity index (χ0) is 17.2. The molecule has 4 nitrogen and oxygen atoms in total. The molecule has 2 heterocycles. The number of anilines is 2. The molecule has 0 aliphatic rings. The van der Waals surface area contributed by atoms with Gasteiger partial charge in [-0.3, -0.25) is 0 Å². The molecule has 6 heteroatoms. The molecule has 4 rings (SSSR count). The minimum absolute atomic E-state index is 0. The van der Waals surface area contributed by atoms with E-state index in [2.05, 4.69) is 57.9 Å². The van der Waals surface area contributed by atoms with E-state index in [9.17, 15) is 0 Å². The van der Waals surface area contributed by atoms with Gasteiger partial charge in [0, 0.05) is 24.3 Å². The molecule has 0 aliphatic heterocycles. The van der Waals surface area contributed by atoms with Gasteiger partial charge < -0.3 is 59.4 Å². The fourth-order valence-corrected chi connectivity index (χ4v) is 3.42. The van der Waals surface area contributed by atoms with Gasteiger partial charge in [0.1, 0.15) is 0 Å². The third-order valence-corrected chi connectivity index (χ3v) is 4.72. The quantitative estimate of drug-likeness (QED) is 0.197. The van der Waals surface area contributed by atoms with Crippen LogP contribution in [0.5, 0.6) is 0 Å². The first-order valence-corrected chi connectivity index (χ1v) is 8.57. The van der Waals surface area contributed by atoms with Crippen LogP contribution in [0.3, 0.4) is 0 Å². The molecule has 140 valence electrons. The number of rotatable bonds is 4. The van der Waals surface area contributed by atoms with Crippen molar-refractivity contribution in [2.24, 2.45) is 0 Å². The van der Waals surface area contributed by atoms with E-state index < -0.39 is 0 Å². The Balaban J connectivity index is 0.00000131. The number of hydrogen-bond donors (Lipinski definition) is 2. The number of aromatic nitrogens is 2. The van der Waals surface area contributed by atoms with E-state index in [-0.39, 0.29) is 48.0 Å². The second-order valence-electron chi connectivity index (χ2n) is 6.32. The minimum Gasteiger partial charge on any atom is -1.00 e. The first-order chi connectivity index (χ1) is 12.2. The molecular weight excluding hydrogens is 562 g/mol. The van der Waals surface area contributed by atoms with E-state index in [1.54, 1.807) is 0 Å². The average molecular weight is 584 g/mol. The summed E-state index contributed by atoms with van der Waals surface area (Å²) in [6, 6.07) is 20.5. The molecule has 4 N–H and O–H groups in total. The minimum atomic E-state index is 0. The average Bonchev–Trinajstić information content (AvgIpc) is 2.66. The highest BCUT2D eigenvalue weighted by molar-refractivity contribution is 5.88. The first-order valence-electron chi connectivity index (χ1n) is 8.57. The molecule has 0 aliphatic carbocycles. The Morgan fingerprint density at radius 3 is 1.44 bits per heavy atom. The zero-order valence-corrected chi connectivity index (χ0v) is 19.2. The van der Waals surface area contributed by atoms with E-state index in [0.29, 0.717) is 0 Å². The van der Waals surface area contributed by atoms with E-state index >= 15 is 0 Å². The highest BCUT2D eigenvalue weighted by Crippen LogP contribution is 2.18. The lowest BCUT2D eigenvalue weighted by atomic mass is 10.1. The van der Waals surface area contributed by atoms with Crippen LogP contribution in [-0.2, 0) is 13.1 Å². The van der Waals surface area contributed by atoms with E-state index in [1.807, 2.05) is 24.3 Å². The normalized spacial score (nSPS) is 10.4. The van der Waals surface area contributed by atoms with E-state index in [4.69, 9.17) is 11.5 Å². The van der Waals surface area contributed by atoms with Crippen molar-refractivity contribution in [1.29, 1.82) is 0 Å². The number of hydrogen-bond acceptors (Lipinski definition) is 2. The number of nitrogen functional groups attached to an aromatic ring is 2. The number of fused-ring (bicyclic) bond motifs is 2. The van der Waals surface area contributed by atoms with Gasteiger partial charge in [0.15, 0.2) is 25.5 Å². The molecular formula is C21H22I2N4. The lowest BCUT2D eigenvalue weighted by molar-refractivity contribution is -0.702. The molecule has 0 spiro atoms. The van der Waals surface area contributed by atoms with Crippen molar-refractivity contribution < 1.29 is 57.1 Å². The van der Waals surface area contributed by atoms with Crippen LogP contribution < -0.4 is 68.6 Å². The van der Waals surface area contributed by atoms with Crippen molar-refractivity contribution >= 4 is 33.2 Å². The summed E-state index contributed by atoms with van der Waals surface area (Å²) >= 11 is 0. The van der Waals surface area contributed by atoms with Crippen LogP contribution in [-0.4, -0.2) is 0 Å². The Labute approximate surface area is 193 Å². The third kappa shape index (κ3) is 4.43. The molecule has 0 bridgehead atoms. The Bertz CT molecular complexity index is 981. The van der Waals surface area contributed by atoms with Crippen molar-refractivity contribution in [3.8, 4) is 0 Å². The zero-order valence-electron chi connectivity index (χ0n) is 14.9. The van der Waals surface area contributed by atoms with Crippen LogP contribution in [0.1, 0.15) is 6.42 Å². The van der Waals surface area contributed by atoms with Gasteiger partial charge in [-0.15, -0.1) is 0 Å². The van der Waals surface area contributed by atoms with Crippen LogP contribution in [0.25, 0.3) is 21.8 Å². The van der Waals surface area contributed by atoms with Crippen LogP contribution in [0.2, 0.25) is 0 Å². The van der Waals surface area contributed by atoms with Crippen molar-refractivity contribution in [2.45, 2.75) is 19.5 Å². The molecule has 0 unspecified atom stereocenters. The predicted molar refractivity (Wildman–Crippen MR) is 102 cm³/mol. The van der Waals surface area contributed by atoms with Gasteiger partial charge in [-0.25, -0.2) is 0 Å². The Hall–Kier alpha value is -1.68. The number of para-hydroxylation sites is 2. The highest BCUT2D eigenvalue weighted by Gasteiger charge is 2.14. The van der Waals surface area contributed by atoms with Crippen molar-refractivity contribution in [2.75, 3.05) is 11.5 Å². The number of halogens is 2. The van der Waals surface area contributed by atoms with Crippen molar-refractivity contribution in [3.63, 3.8) is 0 Å². The van der Waals surface area contributed by atoms with Crippen LogP contribution in [0, 0.1) is 0 Å². The van der Waals surface area contributed by atoms with Gasteiger partial charge in [-0.1, -0.05) is 24.3 Å². The Morgan fingerprint density at radius 1 is 0.593 bits per heavy atom. The maximum absolute atomic E-state index is 6.09. The largest absolute Gasteiger partial charge is 1.00 e. The summed E-state index contributed by atoms with van der Waals surface area (Å²) in [7, 11) is 0. The maximum Gasteiger partial charge on any atom is 0.214 e. The van der Waals surface area contributed by atoms with Crippen LogP contribution >= 0.6 is 0 Å². The van der Waals surface area contributed by atoms with Gasteiger partial charge in [0.2, 0.25) is 11.0 Å². The topological polar surface area (TPSA) is 59.8 Å². The van der Waals surface area contributed by atoms with Crippen molar-refractivity contribution in [1.82, 2.24) is 0 Å². The number of nitrogens with zero attached hydrogens (tertiary/aromatic N) is 2. The smallest absolute Gasteiger partial charge is 0.214 e. The molecule has 0 radical (unpaired) electrons. The highest BCUT2D eigenvalue weighted by atomic mass is 127. The lowest BCUT2D eigenvalue weighted by Gasteiger charge is -2.05. The second kappa shape index (κ2) is 9.50. The summed E-state index contributed by atoms with van der Waals surface area (Å²) < 4.78 is 4.54. The Morgan fingerprint density at radius 2 is 1.00 bits per heavy atom. The number of benzene rings is 2. The standard InChI is InChI=1S/C21H20N4.2HI/c22-18-10-14-24(20-8-3-1-6-16(18)20)12-5-13-25-15-11-19(23)17-7-2-4-9-21(17)25;;/h1-4,6-11,14-15,22-23H,5,12-13H2;2*1H. The van der Waals surface area contributed by atoms with Gasteiger partial charge in [-0.2, -0.15) is 9.13 Å². The molecule has 0 fully saturated rings. The molecule has 0 atom stereocenters. The van der Waals surface area contributed by atoms with Gasteiger partial charge in [-0.05, 0) is 12.1 Å². The summed E-state index contributed by atoms with van der Waals surface area (Å²) in [5.74, 6) is 0. The molecule has 4 aromatic rings. The Kier molecular flexibility index (Phi) is 7.60. The monoisotopic (exact) mass is 584 g/mol. The van der Waals surface area contributed by atoms with Gasteiger partial charge >= 0.3 is 0 Å². The first kappa shape index (κ1) is 21.6. The van der Waals surface area contributed by atoms with Gasteiger partial charge in [0.05, 0.1) is 28.6 Å². The fourth-order valence-electron chi connectivity index (χ4n) is 3.42. The second-order valence-corrected chi connectivity index (χ2v) is 6.32. The summed E-state index contributed by atoms with van der Waals surface area (Å²) in [5.41, 5.74) is 16.2. The summed E-state index contributed by atoms with van der Waals surface area (Å²) in [6.07, 6.45) is 5.17. The predicted octanol–water partition coefficient (Wildman–Crippen LogP) is -3.17. The fraction of sp³-hybridized carbons (Fsp3) is 0.143. The molecule has 0 saturated carbocycles. The summed E-state index contributed by atoms with van der Waals surface area (Å²) in [5, 5.41) is 2.21. The number of pyridine rings is 2. The van der Waals surface area contributed by atoms with E-state index in [1.165, 1.54) is 11.0 Å². The number of aryl methyl sites for hydroxylation is 2. The van der Waals surface area contributed by atoms with Gasteiger partial charge in [0.25, 0.3) is 0 Å². The lowest BCUT2D eigenvalue weighted by Crippen LogP contribution is -3.00. The number of nitrogens with two attached hydrogens (primary N) is 2. The van der Waals surface area contributed by atoms with Crippen molar-refractivity contribution in [3.05, 3.63) is 73.1 Å². The third-order valence-electron chi connectivity index (χ3n) is 4.72. The van der Waals surface area contributed by atoms with E-state index in [0.717, 1.165) is 41.7 Å². The molecule has 0 saturated heterocycles.